The Morgan fingerprint density at radius 3 is 2.69 bits per heavy atom. The van der Waals surface area contributed by atoms with Gasteiger partial charge in [-0.15, -0.1) is 0 Å². The van der Waals surface area contributed by atoms with Gasteiger partial charge < -0.3 is 19.8 Å². The molecule has 32 heavy (non-hydrogen) atoms. The average Bonchev–Trinajstić information content (AvgIpc) is 3.18. The van der Waals surface area contributed by atoms with Crippen molar-refractivity contribution in [2.45, 2.75) is 64.6 Å². The predicted octanol–water partition coefficient (Wildman–Crippen LogP) is 3.31. The summed E-state index contributed by atoms with van der Waals surface area (Å²) in [5.41, 5.74) is 2.48. The summed E-state index contributed by atoms with van der Waals surface area (Å²) in [7, 11) is 0. The van der Waals surface area contributed by atoms with Crippen molar-refractivity contribution in [3.05, 3.63) is 58.8 Å². The first-order valence-corrected chi connectivity index (χ1v) is 11.3. The van der Waals surface area contributed by atoms with Gasteiger partial charge >= 0.3 is 0 Å². The van der Waals surface area contributed by atoms with Crippen LogP contribution in [0.2, 0.25) is 0 Å². The molecule has 8 nitrogen and oxygen atoms in total. The molecule has 0 saturated heterocycles. The van der Waals surface area contributed by atoms with Crippen LogP contribution in [0.15, 0.2) is 47.7 Å². The summed E-state index contributed by atoms with van der Waals surface area (Å²) in [6.07, 6.45) is 9.67. The number of nitrogens with zero attached hydrogens (tertiary/aromatic N) is 3. The highest BCUT2D eigenvalue weighted by molar-refractivity contribution is 5.95. The first-order valence-electron chi connectivity index (χ1n) is 11.3. The molecule has 2 N–H and O–H groups in total. The summed E-state index contributed by atoms with van der Waals surface area (Å²) in [6.45, 7) is 2.82. The van der Waals surface area contributed by atoms with Crippen LogP contribution >= 0.6 is 0 Å². The van der Waals surface area contributed by atoms with Crippen molar-refractivity contribution in [2.24, 2.45) is 0 Å². The maximum atomic E-state index is 12.6. The number of amides is 2. The number of rotatable bonds is 7. The Kier molecular flexibility index (Phi) is 6.68. The van der Waals surface area contributed by atoms with Crippen molar-refractivity contribution >= 4 is 28.5 Å². The maximum Gasteiger partial charge on any atom is 0.252 e. The van der Waals surface area contributed by atoms with Crippen molar-refractivity contribution in [3.8, 4) is 0 Å². The summed E-state index contributed by atoms with van der Waals surface area (Å²) < 4.78 is 3.34. The number of fused-ring (bicyclic) bond motifs is 1. The van der Waals surface area contributed by atoms with E-state index in [4.69, 9.17) is 0 Å². The molecule has 3 aromatic rings. The molecule has 1 fully saturated rings. The van der Waals surface area contributed by atoms with E-state index in [-0.39, 0.29) is 30.0 Å². The molecule has 1 aliphatic carbocycles. The molecule has 0 spiro atoms. The van der Waals surface area contributed by atoms with Crippen LogP contribution in [-0.4, -0.2) is 32.0 Å². The van der Waals surface area contributed by atoms with Crippen molar-refractivity contribution in [2.75, 3.05) is 5.32 Å². The van der Waals surface area contributed by atoms with Crippen molar-refractivity contribution in [1.82, 2.24) is 19.4 Å². The third kappa shape index (κ3) is 5.07. The molecule has 0 unspecified atom stereocenters. The lowest BCUT2D eigenvalue weighted by molar-refractivity contribution is -0.116. The minimum Gasteiger partial charge on any atom is -0.349 e. The molecule has 0 atom stereocenters. The van der Waals surface area contributed by atoms with E-state index in [9.17, 15) is 14.4 Å². The zero-order chi connectivity index (χ0) is 22.5. The fourth-order valence-corrected chi connectivity index (χ4v) is 4.22. The molecule has 4 rings (SSSR count). The monoisotopic (exact) mass is 435 g/mol. The number of benzene rings is 1. The number of aromatic nitrogens is 3. The molecule has 2 heterocycles. The Morgan fingerprint density at radius 1 is 1.09 bits per heavy atom. The van der Waals surface area contributed by atoms with Crippen molar-refractivity contribution < 1.29 is 9.59 Å². The second-order valence-corrected chi connectivity index (χ2v) is 8.38. The maximum absolute atomic E-state index is 12.6. The number of anilines is 1. The Balaban J connectivity index is 1.42. The summed E-state index contributed by atoms with van der Waals surface area (Å²) in [6, 6.07) is 8.58. The molecular weight excluding hydrogens is 406 g/mol. The normalized spacial score (nSPS) is 14.4. The van der Waals surface area contributed by atoms with Crippen molar-refractivity contribution in [1.29, 1.82) is 0 Å². The van der Waals surface area contributed by atoms with Crippen LogP contribution in [0.1, 0.15) is 55.8 Å². The van der Waals surface area contributed by atoms with Crippen LogP contribution in [0, 0.1) is 0 Å². The lowest BCUT2D eigenvalue weighted by Crippen LogP contribution is -2.37. The minimum atomic E-state index is -0.343. The molecule has 2 amide bonds. The average molecular weight is 436 g/mol. The van der Waals surface area contributed by atoms with E-state index in [1.807, 2.05) is 18.2 Å². The van der Waals surface area contributed by atoms with Gasteiger partial charge in [0, 0.05) is 30.5 Å². The highest BCUT2D eigenvalue weighted by Gasteiger charge is 2.17. The molecule has 0 bridgehead atoms. The van der Waals surface area contributed by atoms with Crippen LogP contribution in [-0.2, 0) is 17.9 Å². The Hall–Kier alpha value is -3.42. The SMILES string of the molecule is CCCn1cnc2cc(NC(=O)Cn3cc(C(=O)NC4CCCCC4)ccc3=O)ccc21. The van der Waals surface area contributed by atoms with Crippen molar-refractivity contribution in [3.63, 3.8) is 0 Å². The molecule has 1 saturated carbocycles. The topological polar surface area (TPSA) is 98.0 Å². The molecule has 1 aromatic carbocycles. The molecule has 8 heteroatoms. The van der Waals surface area contributed by atoms with E-state index in [1.54, 1.807) is 6.33 Å². The van der Waals surface area contributed by atoms with Gasteiger partial charge in [-0.25, -0.2) is 4.98 Å². The van der Waals surface area contributed by atoms with Crippen LogP contribution in [0.5, 0.6) is 0 Å². The third-order valence-electron chi connectivity index (χ3n) is 5.87. The Morgan fingerprint density at radius 2 is 1.91 bits per heavy atom. The summed E-state index contributed by atoms with van der Waals surface area (Å²) in [5, 5.41) is 5.86. The number of hydrogen-bond acceptors (Lipinski definition) is 4. The minimum absolute atomic E-state index is 0.175. The van der Waals surface area contributed by atoms with Gasteiger partial charge in [-0.3, -0.25) is 14.4 Å². The predicted molar refractivity (Wildman–Crippen MR) is 124 cm³/mol. The second kappa shape index (κ2) is 9.80. The van der Waals surface area contributed by atoms with E-state index in [2.05, 4.69) is 27.1 Å². The second-order valence-electron chi connectivity index (χ2n) is 8.38. The van der Waals surface area contributed by atoms with E-state index in [0.29, 0.717) is 11.3 Å². The summed E-state index contributed by atoms with van der Waals surface area (Å²) in [5.74, 6) is -0.552. The number of hydrogen-bond donors (Lipinski definition) is 2. The lowest BCUT2D eigenvalue weighted by Gasteiger charge is -2.22. The summed E-state index contributed by atoms with van der Waals surface area (Å²) in [4.78, 5) is 41.8. The van der Waals surface area contributed by atoms with E-state index in [1.165, 1.54) is 29.3 Å². The highest BCUT2D eigenvalue weighted by Crippen LogP contribution is 2.19. The molecule has 2 aromatic heterocycles. The van der Waals surface area contributed by atoms with E-state index < -0.39 is 0 Å². The van der Waals surface area contributed by atoms with Gasteiger partial charge in [0.15, 0.2) is 0 Å². The van der Waals surface area contributed by atoms with Gasteiger partial charge in [0.05, 0.1) is 22.9 Å². The van der Waals surface area contributed by atoms with Crippen LogP contribution in [0.4, 0.5) is 5.69 Å². The van der Waals surface area contributed by atoms with Gasteiger partial charge in [0.25, 0.3) is 11.5 Å². The Labute approximate surface area is 186 Å². The highest BCUT2D eigenvalue weighted by atomic mass is 16.2. The fraction of sp³-hybridized carbons (Fsp3) is 0.417. The lowest BCUT2D eigenvalue weighted by atomic mass is 9.95. The first kappa shape index (κ1) is 21.8. The molecule has 168 valence electrons. The van der Waals surface area contributed by atoms with E-state index in [0.717, 1.165) is 49.7 Å². The van der Waals surface area contributed by atoms with Gasteiger partial charge in [-0.2, -0.15) is 0 Å². The molecule has 0 radical (unpaired) electrons. The van der Waals surface area contributed by atoms with Gasteiger partial charge in [0.1, 0.15) is 6.54 Å². The number of pyridine rings is 1. The standard InChI is InChI=1S/C24H29N5O3/c1-2-12-28-16-25-20-13-19(9-10-21(20)28)26-22(30)15-29-14-17(8-11-23(29)31)24(32)27-18-6-4-3-5-7-18/h8-11,13-14,16,18H,2-7,12,15H2,1H3,(H,26,30)(H,27,32). The number of nitrogens with one attached hydrogen (secondary N) is 2. The van der Waals surface area contributed by atoms with E-state index >= 15 is 0 Å². The quantitative estimate of drug-likeness (QED) is 0.595. The molecular formula is C24H29N5O3. The van der Waals surface area contributed by atoms with Crippen LogP contribution < -0.4 is 16.2 Å². The molecule has 1 aliphatic rings. The summed E-state index contributed by atoms with van der Waals surface area (Å²) >= 11 is 0. The number of imidazole rings is 1. The number of carbonyl (C=O) groups excluding carboxylic acids is 2. The third-order valence-corrected chi connectivity index (χ3v) is 5.87. The van der Waals surface area contributed by atoms with Crippen LogP contribution in [0.25, 0.3) is 11.0 Å². The zero-order valence-corrected chi connectivity index (χ0v) is 18.3. The Bertz CT molecular complexity index is 1170. The van der Waals surface area contributed by atoms with Gasteiger partial charge in [0.2, 0.25) is 5.91 Å². The fourth-order valence-electron chi connectivity index (χ4n) is 4.22. The van der Waals surface area contributed by atoms with Crippen LogP contribution in [0.3, 0.4) is 0 Å². The molecule has 0 aliphatic heterocycles. The largest absolute Gasteiger partial charge is 0.349 e. The van der Waals surface area contributed by atoms with Gasteiger partial charge in [-0.1, -0.05) is 26.2 Å². The smallest absolute Gasteiger partial charge is 0.252 e. The first-order chi connectivity index (χ1) is 15.5. The number of carbonyl (C=O) groups is 2. The number of aryl methyl sites for hydroxylation is 1. The zero-order valence-electron chi connectivity index (χ0n) is 18.3. The van der Waals surface area contributed by atoms with Gasteiger partial charge in [-0.05, 0) is 43.5 Å².